The molecule has 0 aromatic carbocycles. The normalized spacial score (nSPS) is 18.1. The maximum absolute atomic E-state index is 13.2. The molecule has 0 bridgehead atoms. The van der Waals surface area contributed by atoms with E-state index in [4.69, 9.17) is 0 Å². The van der Waals surface area contributed by atoms with Gasteiger partial charge >= 0.3 is 0 Å². The van der Waals surface area contributed by atoms with Gasteiger partial charge in [0.2, 0.25) is 0 Å². The van der Waals surface area contributed by atoms with Crippen LogP contribution in [0.15, 0.2) is 6.07 Å². The van der Waals surface area contributed by atoms with Gasteiger partial charge in [-0.05, 0) is 31.4 Å². The Hall–Kier alpha value is -0.440. The standard InChI is InChI=1S/C9H10F2S.C2H6/c1-6-5-7-3-2-4-9(10,11)8(7)12-6;1-2/h5H,2-4H2,1H3;1-2H3. The summed E-state index contributed by atoms with van der Waals surface area (Å²) in [5.74, 6) is -2.55. The van der Waals surface area contributed by atoms with Gasteiger partial charge in [-0.3, -0.25) is 0 Å². The van der Waals surface area contributed by atoms with Crippen LogP contribution in [0.25, 0.3) is 0 Å². The zero-order valence-electron chi connectivity index (χ0n) is 8.86. The lowest BCUT2D eigenvalue weighted by atomic mass is 9.96. The predicted octanol–water partition coefficient (Wildman–Crippen LogP) is 4.51. The first-order valence-electron chi connectivity index (χ1n) is 5.07. The van der Waals surface area contributed by atoms with Crippen LogP contribution in [0.4, 0.5) is 8.78 Å². The molecule has 1 heterocycles. The summed E-state index contributed by atoms with van der Waals surface area (Å²) in [7, 11) is 0. The molecule has 1 aliphatic carbocycles. The van der Waals surface area contributed by atoms with E-state index in [1.54, 1.807) is 0 Å². The number of aryl methyl sites for hydroxylation is 2. The van der Waals surface area contributed by atoms with Gasteiger partial charge < -0.3 is 0 Å². The van der Waals surface area contributed by atoms with Gasteiger partial charge in [0, 0.05) is 11.3 Å². The van der Waals surface area contributed by atoms with Crippen molar-refractivity contribution < 1.29 is 8.78 Å². The number of rotatable bonds is 0. The Bertz CT molecular complexity index is 302. The van der Waals surface area contributed by atoms with Gasteiger partial charge in [-0.25, -0.2) is 8.78 Å². The monoisotopic (exact) mass is 218 g/mol. The second-order valence-electron chi connectivity index (χ2n) is 3.27. The molecule has 0 amide bonds. The van der Waals surface area contributed by atoms with E-state index < -0.39 is 5.92 Å². The summed E-state index contributed by atoms with van der Waals surface area (Å²) in [5, 5.41) is 0. The van der Waals surface area contributed by atoms with Crippen LogP contribution in [0, 0.1) is 6.92 Å². The second kappa shape index (κ2) is 4.39. The quantitative estimate of drug-likeness (QED) is 0.601. The highest BCUT2D eigenvalue weighted by Crippen LogP contribution is 2.44. The van der Waals surface area contributed by atoms with Crippen LogP contribution in [0.3, 0.4) is 0 Å². The fourth-order valence-corrected chi connectivity index (χ4v) is 2.74. The molecule has 80 valence electrons. The molecule has 0 spiro atoms. The van der Waals surface area contributed by atoms with E-state index in [0.717, 1.165) is 16.9 Å². The molecule has 2 rings (SSSR count). The fourth-order valence-electron chi connectivity index (χ4n) is 1.68. The van der Waals surface area contributed by atoms with E-state index >= 15 is 0 Å². The molecule has 0 aliphatic heterocycles. The molecule has 1 aliphatic rings. The topological polar surface area (TPSA) is 0 Å². The van der Waals surface area contributed by atoms with E-state index in [9.17, 15) is 8.78 Å². The lowest BCUT2D eigenvalue weighted by molar-refractivity contribution is -0.0175. The highest BCUT2D eigenvalue weighted by Gasteiger charge is 2.38. The van der Waals surface area contributed by atoms with E-state index in [1.165, 1.54) is 11.3 Å². The summed E-state index contributed by atoms with van der Waals surface area (Å²) in [5.41, 5.74) is 0.869. The summed E-state index contributed by atoms with van der Waals surface area (Å²) in [4.78, 5) is 1.31. The Morgan fingerprint density at radius 1 is 1.36 bits per heavy atom. The Morgan fingerprint density at radius 3 is 2.57 bits per heavy atom. The van der Waals surface area contributed by atoms with Crippen molar-refractivity contribution in [2.45, 2.75) is 46.0 Å². The average Bonchev–Trinajstić information content (AvgIpc) is 2.50. The zero-order chi connectivity index (χ0) is 10.8. The third-order valence-corrected chi connectivity index (χ3v) is 3.41. The molecule has 1 aromatic heterocycles. The molecule has 0 fully saturated rings. The minimum absolute atomic E-state index is 0.0277. The fraction of sp³-hybridized carbons (Fsp3) is 0.636. The van der Waals surface area contributed by atoms with E-state index in [2.05, 4.69) is 0 Å². The van der Waals surface area contributed by atoms with Crippen LogP contribution in [-0.4, -0.2) is 0 Å². The van der Waals surface area contributed by atoms with Crippen molar-refractivity contribution in [2.75, 3.05) is 0 Å². The van der Waals surface area contributed by atoms with Gasteiger partial charge in [-0.1, -0.05) is 13.8 Å². The summed E-state index contributed by atoms with van der Waals surface area (Å²) in [6.45, 7) is 5.89. The second-order valence-corrected chi connectivity index (χ2v) is 4.53. The number of hydrogen-bond acceptors (Lipinski definition) is 1. The molecular weight excluding hydrogens is 202 g/mol. The predicted molar refractivity (Wildman–Crippen MR) is 57.2 cm³/mol. The van der Waals surface area contributed by atoms with Gasteiger partial charge in [0.05, 0.1) is 4.88 Å². The van der Waals surface area contributed by atoms with Crippen LogP contribution < -0.4 is 0 Å². The third-order valence-electron chi connectivity index (χ3n) is 2.20. The minimum Gasteiger partial charge on any atom is -0.200 e. The van der Waals surface area contributed by atoms with Crippen LogP contribution >= 0.6 is 11.3 Å². The molecule has 0 saturated carbocycles. The number of alkyl halides is 2. The van der Waals surface area contributed by atoms with Crippen LogP contribution in [-0.2, 0) is 12.3 Å². The summed E-state index contributed by atoms with van der Waals surface area (Å²) in [6.07, 6.45) is 1.48. The lowest BCUT2D eigenvalue weighted by Gasteiger charge is -2.21. The average molecular weight is 218 g/mol. The van der Waals surface area contributed by atoms with Gasteiger partial charge in [0.1, 0.15) is 0 Å². The summed E-state index contributed by atoms with van der Waals surface area (Å²) >= 11 is 1.25. The van der Waals surface area contributed by atoms with Gasteiger partial charge in [-0.15, -0.1) is 11.3 Å². The lowest BCUT2D eigenvalue weighted by Crippen LogP contribution is -2.18. The van der Waals surface area contributed by atoms with E-state index in [0.29, 0.717) is 11.3 Å². The molecule has 3 heteroatoms. The van der Waals surface area contributed by atoms with Gasteiger partial charge in [0.15, 0.2) is 0 Å². The van der Waals surface area contributed by atoms with Crippen LogP contribution in [0.2, 0.25) is 0 Å². The molecule has 0 unspecified atom stereocenters. The zero-order valence-corrected chi connectivity index (χ0v) is 9.68. The van der Waals surface area contributed by atoms with Gasteiger partial charge in [0.25, 0.3) is 5.92 Å². The molecule has 0 saturated heterocycles. The molecule has 14 heavy (non-hydrogen) atoms. The van der Waals surface area contributed by atoms with Crippen molar-refractivity contribution in [3.05, 3.63) is 21.4 Å². The summed E-state index contributed by atoms with van der Waals surface area (Å²) < 4.78 is 26.4. The number of hydrogen-bond donors (Lipinski definition) is 0. The number of thiophene rings is 1. The van der Waals surface area contributed by atoms with E-state index in [1.807, 2.05) is 26.8 Å². The maximum Gasteiger partial charge on any atom is 0.282 e. The Balaban J connectivity index is 0.000000461. The van der Waals surface area contributed by atoms with Crippen molar-refractivity contribution in [3.8, 4) is 0 Å². The molecule has 1 aromatic rings. The maximum atomic E-state index is 13.2. The minimum atomic E-state index is -2.55. The van der Waals surface area contributed by atoms with E-state index in [-0.39, 0.29) is 6.42 Å². The Morgan fingerprint density at radius 2 is 2.00 bits per heavy atom. The smallest absolute Gasteiger partial charge is 0.200 e. The third kappa shape index (κ3) is 2.14. The Kier molecular flexibility index (Phi) is 3.65. The van der Waals surface area contributed by atoms with Crippen molar-refractivity contribution in [1.82, 2.24) is 0 Å². The van der Waals surface area contributed by atoms with Crippen molar-refractivity contribution in [2.24, 2.45) is 0 Å². The number of halogens is 2. The highest BCUT2D eigenvalue weighted by atomic mass is 32.1. The molecule has 0 nitrogen and oxygen atoms in total. The highest BCUT2D eigenvalue weighted by molar-refractivity contribution is 7.12. The van der Waals surface area contributed by atoms with Crippen LogP contribution in [0.1, 0.15) is 42.0 Å². The molecule has 0 radical (unpaired) electrons. The first-order valence-corrected chi connectivity index (χ1v) is 5.89. The van der Waals surface area contributed by atoms with Gasteiger partial charge in [-0.2, -0.15) is 0 Å². The molecule has 0 atom stereocenters. The molecule has 0 N–H and O–H groups in total. The van der Waals surface area contributed by atoms with Crippen molar-refractivity contribution in [3.63, 3.8) is 0 Å². The number of fused-ring (bicyclic) bond motifs is 1. The first-order chi connectivity index (χ1) is 6.59. The Labute approximate surface area is 88.0 Å². The van der Waals surface area contributed by atoms with Crippen molar-refractivity contribution >= 4 is 11.3 Å². The SMILES string of the molecule is CC.Cc1cc2c(s1)C(F)(F)CCC2. The van der Waals surface area contributed by atoms with Crippen molar-refractivity contribution in [1.29, 1.82) is 0 Å². The molecular formula is C11H16F2S. The van der Waals surface area contributed by atoms with Crippen LogP contribution in [0.5, 0.6) is 0 Å². The summed E-state index contributed by atoms with van der Waals surface area (Å²) in [6, 6.07) is 1.90. The largest absolute Gasteiger partial charge is 0.282 e. The first kappa shape index (κ1) is 11.6.